The van der Waals surface area contributed by atoms with Gasteiger partial charge in [0.05, 0.1) is 6.54 Å². The summed E-state index contributed by atoms with van der Waals surface area (Å²) in [6, 6.07) is 8.04. The number of aryl methyl sites for hydroxylation is 1. The molecule has 0 fully saturated rings. The molecule has 0 spiro atoms. The first kappa shape index (κ1) is 10.4. The predicted octanol–water partition coefficient (Wildman–Crippen LogP) is 0.734. The van der Waals surface area contributed by atoms with Crippen molar-refractivity contribution in [2.24, 2.45) is 5.73 Å². The summed E-state index contributed by atoms with van der Waals surface area (Å²) in [5.41, 5.74) is 7.45. The average molecular weight is 216 g/mol. The lowest BCUT2D eigenvalue weighted by molar-refractivity contribution is 0.0986. The van der Waals surface area contributed by atoms with Gasteiger partial charge in [0.1, 0.15) is 6.33 Å². The van der Waals surface area contributed by atoms with E-state index in [9.17, 15) is 4.79 Å². The summed E-state index contributed by atoms with van der Waals surface area (Å²) in [7, 11) is 0. The molecule has 1 aromatic carbocycles. The Bertz CT molecular complexity index is 501. The van der Waals surface area contributed by atoms with Crippen LogP contribution in [0.5, 0.6) is 0 Å². The summed E-state index contributed by atoms with van der Waals surface area (Å²) in [5.74, 6) is -0.384. The molecule has 1 amide bonds. The standard InChI is InChI=1S/C11H12N4O/c1-8-2-4-9(5-3-8)6-15-7-13-14-11(15)10(12)16/h2-5,7H,6H2,1H3,(H2,12,16). The summed E-state index contributed by atoms with van der Waals surface area (Å²) in [6.07, 6.45) is 1.50. The predicted molar refractivity (Wildman–Crippen MR) is 58.8 cm³/mol. The van der Waals surface area contributed by atoms with E-state index in [1.54, 1.807) is 4.57 Å². The highest BCUT2D eigenvalue weighted by molar-refractivity contribution is 5.88. The zero-order valence-corrected chi connectivity index (χ0v) is 8.92. The van der Waals surface area contributed by atoms with Gasteiger partial charge in [0.25, 0.3) is 5.91 Å². The van der Waals surface area contributed by atoms with Crippen LogP contribution in [0.1, 0.15) is 21.7 Å². The number of primary amides is 1. The molecule has 0 aliphatic rings. The van der Waals surface area contributed by atoms with Crippen LogP contribution in [0.15, 0.2) is 30.6 Å². The van der Waals surface area contributed by atoms with E-state index in [-0.39, 0.29) is 5.82 Å². The Balaban J connectivity index is 2.23. The Labute approximate surface area is 92.9 Å². The zero-order chi connectivity index (χ0) is 11.5. The summed E-state index contributed by atoms with van der Waals surface area (Å²) in [5, 5.41) is 7.34. The molecule has 0 saturated heterocycles. The molecule has 2 N–H and O–H groups in total. The number of rotatable bonds is 3. The number of carbonyl (C=O) groups is 1. The second-order valence-electron chi connectivity index (χ2n) is 3.63. The topological polar surface area (TPSA) is 73.8 Å². The number of amides is 1. The number of nitrogens with two attached hydrogens (primary N) is 1. The molecule has 2 rings (SSSR count). The van der Waals surface area contributed by atoms with Crippen molar-refractivity contribution in [3.8, 4) is 0 Å². The molecule has 0 unspecified atom stereocenters. The largest absolute Gasteiger partial charge is 0.363 e. The lowest BCUT2D eigenvalue weighted by Gasteiger charge is -2.04. The lowest BCUT2D eigenvalue weighted by atomic mass is 10.1. The van der Waals surface area contributed by atoms with Crippen molar-refractivity contribution in [3.05, 3.63) is 47.5 Å². The fraction of sp³-hybridized carbons (Fsp3) is 0.182. The molecular formula is C11H12N4O. The minimum Gasteiger partial charge on any atom is -0.363 e. The van der Waals surface area contributed by atoms with Crippen LogP contribution >= 0.6 is 0 Å². The van der Waals surface area contributed by atoms with Crippen LogP contribution in [0.25, 0.3) is 0 Å². The van der Waals surface area contributed by atoms with Gasteiger partial charge in [0.2, 0.25) is 5.82 Å². The highest BCUT2D eigenvalue weighted by atomic mass is 16.1. The van der Waals surface area contributed by atoms with E-state index >= 15 is 0 Å². The smallest absolute Gasteiger partial charge is 0.286 e. The first-order valence-corrected chi connectivity index (χ1v) is 4.90. The van der Waals surface area contributed by atoms with Gasteiger partial charge < -0.3 is 10.3 Å². The third-order valence-electron chi connectivity index (χ3n) is 2.31. The Morgan fingerprint density at radius 1 is 1.38 bits per heavy atom. The van der Waals surface area contributed by atoms with Crippen LogP contribution in [0.3, 0.4) is 0 Å². The highest BCUT2D eigenvalue weighted by Crippen LogP contribution is 2.06. The number of carbonyl (C=O) groups excluding carboxylic acids is 1. The fourth-order valence-electron chi connectivity index (χ4n) is 1.45. The minimum atomic E-state index is -0.565. The molecule has 1 heterocycles. The quantitative estimate of drug-likeness (QED) is 0.822. The second-order valence-corrected chi connectivity index (χ2v) is 3.63. The molecule has 0 aliphatic carbocycles. The molecule has 0 saturated carbocycles. The first-order valence-electron chi connectivity index (χ1n) is 4.90. The van der Waals surface area contributed by atoms with E-state index in [2.05, 4.69) is 10.2 Å². The van der Waals surface area contributed by atoms with Crippen molar-refractivity contribution in [3.63, 3.8) is 0 Å². The van der Waals surface area contributed by atoms with Crippen LogP contribution in [0.2, 0.25) is 0 Å². The molecule has 16 heavy (non-hydrogen) atoms. The molecule has 0 aliphatic heterocycles. The van der Waals surface area contributed by atoms with Gasteiger partial charge in [-0.15, -0.1) is 10.2 Å². The zero-order valence-electron chi connectivity index (χ0n) is 8.92. The van der Waals surface area contributed by atoms with Crippen molar-refractivity contribution in [1.82, 2.24) is 14.8 Å². The van der Waals surface area contributed by atoms with Crippen molar-refractivity contribution in [1.29, 1.82) is 0 Å². The Hall–Kier alpha value is -2.17. The molecule has 82 valence electrons. The minimum absolute atomic E-state index is 0.181. The Kier molecular flexibility index (Phi) is 2.68. The van der Waals surface area contributed by atoms with Gasteiger partial charge in [0.15, 0.2) is 0 Å². The van der Waals surface area contributed by atoms with Gasteiger partial charge in [0, 0.05) is 0 Å². The molecule has 0 radical (unpaired) electrons. The van der Waals surface area contributed by atoms with Gasteiger partial charge in [-0.1, -0.05) is 29.8 Å². The fourth-order valence-corrected chi connectivity index (χ4v) is 1.45. The van der Waals surface area contributed by atoms with Gasteiger partial charge in [-0.3, -0.25) is 4.79 Å². The molecule has 5 nitrogen and oxygen atoms in total. The average Bonchev–Trinajstić information content (AvgIpc) is 2.69. The summed E-state index contributed by atoms with van der Waals surface area (Å²) < 4.78 is 1.63. The maximum absolute atomic E-state index is 11.0. The van der Waals surface area contributed by atoms with Crippen LogP contribution in [0.4, 0.5) is 0 Å². The number of hydrogen-bond acceptors (Lipinski definition) is 3. The van der Waals surface area contributed by atoms with Gasteiger partial charge in [-0.05, 0) is 12.5 Å². The summed E-state index contributed by atoms with van der Waals surface area (Å²) in [6.45, 7) is 2.57. The van der Waals surface area contributed by atoms with Crippen molar-refractivity contribution >= 4 is 5.91 Å². The van der Waals surface area contributed by atoms with Crippen LogP contribution in [0, 0.1) is 6.92 Å². The molecule has 0 atom stereocenters. The van der Waals surface area contributed by atoms with Crippen LogP contribution in [-0.2, 0) is 6.54 Å². The molecule has 2 aromatic rings. The maximum Gasteiger partial charge on any atom is 0.286 e. The van der Waals surface area contributed by atoms with E-state index in [1.165, 1.54) is 11.9 Å². The lowest BCUT2D eigenvalue weighted by Crippen LogP contribution is -2.18. The van der Waals surface area contributed by atoms with Crippen LogP contribution in [-0.4, -0.2) is 20.7 Å². The van der Waals surface area contributed by atoms with Crippen molar-refractivity contribution in [2.75, 3.05) is 0 Å². The van der Waals surface area contributed by atoms with E-state index in [0.717, 1.165) is 5.56 Å². The third-order valence-corrected chi connectivity index (χ3v) is 2.31. The SMILES string of the molecule is Cc1ccc(Cn2cnnc2C(N)=O)cc1. The second kappa shape index (κ2) is 4.14. The van der Waals surface area contributed by atoms with Gasteiger partial charge >= 0.3 is 0 Å². The van der Waals surface area contributed by atoms with Gasteiger partial charge in [-0.25, -0.2) is 0 Å². The number of aromatic nitrogens is 3. The van der Waals surface area contributed by atoms with E-state index in [4.69, 9.17) is 5.73 Å². The monoisotopic (exact) mass is 216 g/mol. The maximum atomic E-state index is 11.0. The van der Waals surface area contributed by atoms with E-state index in [0.29, 0.717) is 6.54 Å². The van der Waals surface area contributed by atoms with Gasteiger partial charge in [-0.2, -0.15) is 0 Å². The first-order chi connectivity index (χ1) is 7.66. The third kappa shape index (κ3) is 2.08. The molecule has 1 aromatic heterocycles. The van der Waals surface area contributed by atoms with Crippen LogP contribution < -0.4 is 5.73 Å². The Morgan fingerprint density at radius 3 is 2.69 bits per heavy atom. The van der Waals surface area contributed by atoms with Crippen molar-refractivity contribution in [2.45, 2.75) is 13.5 Å². The number of nitrogens with zero attached hydrogens (tertiary/aromatic N) is 3. The van der Waals surface area contributed by atoms with E-state index in [1.807, 2.05) is 31.2 Å². The van der Waals surface area contributed by atoms with E-state index < -0.39 is 5.91 Å². The summed E-state index contributed by atoms with van der Waals surface area (Å²) >= 11 is 0. The number of hydrogen-bond donors (Lipinski definition) is 1. The van der Waals surface area contributed by atoms with Crippen molar-refractivity contribution < 1.29 is 4.79 Å². The molecule has 0 bridgehead atoms. The molecular weight excluding hydrogens is 204 g/mol. The summed E-state index contributed by atoms with van der Waals surface area (Å²) in [4.78, 5) is 11.0. The highest BCUT2D eigenvalue weighted by Gasteiger charge is 2.09. The Morgan fingerprint density at radius 2 is 2.06 bits per heavy atom. The normalized spacial score (nSPS) is 10.3. The molecule has 5 heteroatoms. The number of benzene rings is 1.